The summed E-state index contributed by atoms with van der Waals surface area (Å²) in [5.41, 5.74) is 2.12. The van der Waals surface area contributed by atoms with Gasteiger partial charge in [-0.05, 0) is 6.07 Å². The van der Waals surface area contributed by atoms with E-state index in [0.717, 1.165) is 16.2 Å². The molecule has 11 heavy (non-hydrogen) atoms. The fourth-order valence-corrected chi connectivity index (χ4v) is 1.15. The van der Waals surface area contributed by atoms with Crippen molar-refractivity contribution >= 4 is 23.2 Å². The number of anilines is 1. The van der Waals surface area contributed by atoms with Gasteiger partial charge in [-0.15, -0.1) is 12.6 Å². The van der Waals surface area contributed by atoms with Crippen LogP contribution in [-0.4, -0.2) is 7.05 Å². The highest BCUT2D eigenvalue weighted by molar-refractivity contribution is 7.90. The highest BCUT2D eigenvalue weighted by Gasteiger charge is 1.98. The minimum Gasteiger partial charge on any atom is -0.388 e. The van der Waals surface area contributed by atoms with E-state index in [9.17, 15) is 0 Å². The molecule has 1 rings (SSSR count). The molecule has 1 aromatic rings. The van der Waals surface area contributed by atoms with Crippen molar-refractivity contribution in [2.75, 3.05) is 12.4 Å². The van der Waals surface area contributed by atoms with E-state index < -0.39 is 0 Å². The zero-order valence-electron chi connectivity index (χ0n) is 6.46. The van der Waals surface area contributed by atoms with Crippen molar-refractivity contribution in [3.8, 4) is 0 Å². The van der Waals surface area contributed by atoms with Crippen LogP contribution in [0.25, 0.3) is 4.91 Å². The first kappa shape index (κ1) is 8.21. The molecule has 0 radical (unpaired) electrons. The topological polar surface area (TPSA) is 12.0 Å². The van der Waals surface area contributed by atoms with Crippen molar-refractivity contribution in [3.63, 3.8) is 0 Å². The third-order valence-electron chi connectivity index (χ3n) is 1.51. The van der Waals surface area contributed by atoms with Crippen molar-refractivity contribution in [2.24, 2.45) is 0 Å². The van der Waals surface area contributed by atoms with Gasteiger partial charge < -0.3 is 5.32 Å². The second-order valence-corrected chi connectivity index (χ2v) is 2.78. The minimum absolute atomic E-state index is 0.787. The lowest BCUT2D eigenvalue weighted by Gasteiger charge is -2.06. The molecule has 0 amide bonds. The van der Waals surface area contributed by atoms with Crippen LogP contribution < -0.4 is 5.32 Å². The van der Waals surface area contributed by atoms with Crippen LogP contribution in [0, 0.1) is 0 Å². The van der Waals surface area contributed by atoms with Crippen LogP contribution in [0.3, 0.4) is 0 Å². The molecule has 0 saturated heterocycles. The molecule has 0 saturated carbocycles. The lowest BCUT2D eigenvalue weighted by atomic mass is 10.2. The molecule has 0 aliphatic rings. The molecule has 1 nitrogen and oxygen atoms in total. The Hall–Kier alpha value is -0.890. The number of rotatable bonds is 2. The van der Waals surface area contributed by atoms with Gasteiger partial charge in [0.2, 0.25) is 0 Å². The summed E-state index contributed by atoms with van der Waals surface area (Å²) >= 11 is 4.18. The molecular formula is C9H11NS. The third-order valence-corrected chi connectivity index (χ3v) is 1.75. The smallest absolute Gasteiger partial charge is 0.0422 e. The average Bonchev–Trinajstić information content (AvgIpc) is 2.04. The van der Waals surface area contributed by atoms with Crippen molar-refractivity contribution in [3.05, 3.63) is 36.4 Å². The highest BCUT2D eigenvalue weighted by atomic mass is 32.1. The SMILES string of the molecule is C=C(S)c1ccccc1NC. The van der Waals surface area contributed by atoms with Crippen molar-refractivity contribution in [1.82, 2.24) is 0 Å². The number of hydrogen-bond acceptors (Lipinski definition) is 2. The fraction of sp³-hybridized carbons (Fsp3) is 0.111. The van der Waals surface area contributed by atoms with Gasteiger partial charge in [-0.25, -0.2) is 0 Å². The molecular weight excluding hydrogens is 154 g/mol. The molecule has 0 unspecified atom stereocenters. The summed E-state index contributed by atoms with van der Waals surface area (Å²) in [6.07, 6.45) is 0. The quantitative estimate of drug-likeness (QED) is 0.642. The number of thiol groups is 1. The Balaban J connectivity index is 3.12. The molecule has 0 fully saturated rings. The van der Waals surface area contributed by atoms with E-state index in [1.165, 1.54) is 0 Å². The Bertz CT molecular complexity index is 268. The van der Waals surface area contributed by atoms with E-state index in [1.54, 1.807) is 0 Å². The van der Waals surface area contributed by atoms with E-state index in [-0.39, 0.29) is 0 Å². The zero-order valence-corrected chi connectivity index (χ0v) is 7.36. The van der Waals surface area contributed by atoms with Crippen LogP contribution in [-0.2, 0) is 0 Å². The van der Waals surface area contributed by atoms with Crippen LogP contribution in [0.5, 0.6) is 0 Å². The Labute approximate surface area is 72.5 Å². The fourth-order valence-electron chi connectivity index (χ4n) is 0.953. The van der Waals surface area contributed by atoms with Gasteiger partial charge in [-0.1, -0.05) is 24.8 Å². The lowest BCUT2D eigenvalue weighted by molar-refractivity contribution is 1.49. The Morgan fingerprint density at radius 3 is 2.55 bits per heavy atom. The van der Waals surface area contributed by atoms with Gasteiger partial charge in [0.05, 0.1) is 0 Å². The lowest BCUT2D eigenvalue weighted by Crippen LogP contribution is -1.91. The van der Waals surface area contributed by atoms with Gasteiger partial charge in [-0.2, -0.15) is 0 Å². The van der Waals surface area contributed by atoms with Crippen LogP contribution >= 0.6 is 12.6 Å². The summed E-state index contributed by atoms with van der Waals surface area (Å²) in [5, 5.41) is 3.07. The van der Waals surface area contributed by atoms with Gasteiger partial charge in [-0.3, -0.25) is 0 Å². The maximum Gasteiger partial charge on any atom is 0.0422 e. The number of para-hydroxylation sites is 1. The van der Waals surface area contributed by atoms with Crippen molar-refractivity contribution in [2.45, 2.75) is 0 Å². The average molecular weight is 165 g/mol. The number of nitrogens with one attached hydrogen (secondary N) is 1. The molecule has 0 bridgehead atoms. The summed E-state index contributed by atoms with van der Waals surface area (Å²) in [5.74, 6) is 0. The molecule has 0 aromatic heterocycles. The molecule has 2 heteroatoms. The van der Waals surface area contributed by atoms with Gasteiger partial charge in [0, 0.05) is 23.2 Å². The predicted molar refractivity (Wildman–Crippen MR) is 54.0 cm³/mol. The van der Waals surface area contributed by atoms with E-state index in [4.69, 9.17) is 0 Å². The molecule has 0 heterocycles. The van der Waals surface area contributed by atoms with Gasteiger partial charge in [0.15, 0.2) is 0 Å². The van der Waals surface area contributed by atoms with Crippen LogP contribution in [0.1, 0.15) is 5.56 Å². The molecule has 58 valence electrons. The second-order valence-electron chi connectivity index (χ2n) is 2.24. The largest absolute Gasteiger partial charge is 0.388 e. The van der Waals surface area contributed by atoms with Crippen LogP contribution in [0.15, 0.2) is 30.8 Å². The summed E-state index contributed by atoms with van der Waals surface area (Å²) < 4.78 is 0. The maximum absolute atomic E-state index is 4.18. The summed E-state index contributed by atoms with van der Waals surface area (Å²) in [4.78, 5) is 0.787. The second kappa shape index (κ2) is 3.49. The molecule has 1 N–H and O–H groups in total. The van der Waals surface area contributed by atoms with Gasteiger partial charge in [0.1, 0.15) is 0 Å². The van der Waals surface area contributed by atoms with Crippen LogP contribution in [0.4, 0.5) is 5.69 Å². The first-order valence-electron chi connectivity index (χ1n) is 3.40. The number of benzene rings is 1. The zero-order chi connectivity index (χ0) is 8.27. The molecule has 1 aromatic carbocycles. The summed E-state index contributed by atoms with van der Waals surface area (Å²) in [7, 11) is 1.88. The Morgan fingerprint density at radius 1 is 1.45 bits per heavy atom. The number of hydrogen-bond donors (Lipinski definition) is 2. The Morgan fingerprint density at radius 2 is 2.09 bits per heavy atom. The van der Waals surface area contributed by atoms with Gasteiger partial charge >= 0.3 is 0 Å². The van der Waals surface area contributed by atoms with E-state index >= 15 is 0 Å². The van der Waals surface area contributed by atoms with E-state index in [1.807, 2.05) is 31.3 Å². The van der Waals surface area contributed by atoms with E-state index in [0.29, 0.717) is 0 Å². The molecule has 0 aliphatic heterocycles. The summed E-state index contributed by atoms with van der Waals surface area (Å²) in [6.45, 7) is 3.76. The molecule has 0 aliphatic carbocycles. The Kier molecular flexibility index (Phi) is 2.60. The van der Waals surface area contributed by atoms with Crippen molar-refractivity contribution < 1.29 is 0 Å². The first-order chi connectivity index (χ1) is 5.25. The monoisotopic (exact) mass is 165 g/mol. The van der Waals surface area contributed by atoms with Crippen molar-refractivity contribution in [1.29, 1.82) is 0 Å². The third kappa shape index (κ3) is 1.77. The van der Waals surface area contributed by atoms with Crippen LogP contribution in [0.2, 0.25) is 0 Å². The predicted octanol–water partition coefficient (Wildman–Crippen LogP) is 2.63. The van der Waals surface area contributed by atoms with Gasteiger partial charge in [0.25, 0.3) is 0 Å². The normalized spacial score (nSPS) is 9.27. The minimum atomic E-state index is 0.787. The first-order valence-corrected chi connectivity index (χ1v) is 3.85. The highest BCUT2D eigenvalue weighted by Crippen LogP contribution is 2.23. The van der Waals surface area contributed by atoms with E-state index in [2.05, 4.69) is 24.5 Å². The molecule has 0 atom stereocenters. The standard InChI is InChI=1S/C9H11NS/c1-7(11)8-5-3-4-6-9(8)10-2/h3-6,10-11H,1H2,2H3. The maximum atomic E-state index is 4.18. The molecule has 0 spiro atoms. The summed E-state index contributed by atoms with van der Waals surface area (Å²) in [6, 6.07) is 7.93.